The summed E-state index contributed by atoms with van der Waals surface area (Å²) in [5.41, 5.74) is 0.641. The highest BCUT2D eigenvalue weighted by Crippen LogP contribution is 2.08. The molecule has 1 rings (SSSR count). The summed E-state index contributed by atoms with van der Waals surface area (Å²) in [7, 11) is 3.11. The third-order valence-electron chi connectivity index (χ3n) is 1.38. The fourth-order valence-electron chi connectivity index (χ4n) is 0.952. The van der Waals surface area contributed by atoms with Crippen LogP contribution >= 0.6 is 0 Å². The Bertz CT molecular complexity index is 254. The van der Waals surface area contributed by atoms with Gasteiger partial charge in [0.05, 0.1) is 12.3 Å². The van der Waals surface area contributed by atoms with E-state index in [0.29, 0.717) is 18.1 Å². The second kappa shape index (κ2) is 4.74. The maximum Gasteiger partial charge on any atom is 0.214 e. The van der Waals surface area contributed by atoms with Crippen LogP contribution in [0.1, 0.15) is 11.5 Å². The van der Waals surface area contributed by atoms with E-state index in [4.69, 9.17) is 9.47 Å². The molecule has 0 aliphatic heterocycles. The summed E-state index contributed by atoms with van der Waals surface area (Å²) in [6.07, 6.45) is 0. The first-order chi connectivity index (χ1) is 6.26. The lowest BCUT2D eigenvalue weighted by Crippen LogP contribution is -2.01. The minimum atomic E-state index is -0.0610. The molecular formula is C8H12N2O3. The standard InChI is InChI=1S/C8H12N2O3/c1-12-4-6-3-8(11)10-7(9-6)5-13-2/h3H,4-5H2,1-2H3,(H,9,10,11). The largest absolute Gasteiger partial charge is 0.493 e. The van der Waals surface area contributed by atoms with Gasteiger partial charge in [0.25, 0.3) is 0 Å². The van der Waals surface area contributed by atoms with Gasteiger partial charge in [-0.1, -0.05) is 0 Å². The molecule has 0 saturated carbocycles. The molecule has 72 valence electrons. The number of aromatic nitrogens is 2. The van der Waals surface area contributed by atoms with E-state index < -0.39 is 0 Å². The van der Waals surface area contributed by atoms with Gasteiger partial charge in [-0.3, -0.25) is 0 Å². The highest BCUT2D eigenvalue weighted by Gasteiger charge is 2.02. The number of rotatable bonds is 4. The first-order valence-corrected chi connectivity index (χ1v) is 3.80. The molecule has 0 aromatic carbocycles. The van der Waals surface area contributed by atoms with Crippen LogP contribution in [0.2, 0.25) is 0 Å². The molecule has 0 fully saturated rings. The molecule has 0 aliphatic carbocycles. The van der Waals surface area contributed by atoms with Crippen LogP contribution in [0, 0.1) is 0 Å². The number of ether oxygens (including phenoxy) is 2. The van der Waals surface area contributed by atoms with E-state index in [0.717, 1.165) is 0 Å². The van der Waals surface area contributed by atoms with Gasteiger partial charge >= 0.3 is 0 Å². The molecule has 1 aromatic heterocycles. The summed E-state index contributed by atoms with van der Waals surface area (Å²) >= 11 is 0. The highest BCUT2D eigenvalue weighted by molar-refractivity contribution is 5.14. The number of nitrogens with zero attached hydrogens (tertiary/aromatic N) is 2. The summed E-state index contributed by atoms with van der Waals surface area (Å²) in [6, 6.07) is 1.46. The summed E-state index contributed by atoms with van der Waals surface area (Å²) in [5.74, 6) is 0.392. The fourth-order valence-corrected chi connectivity index (χ4v) is 0.952. The highest BCUT2D eigenvalue weighted by atomic mass is 16.5. The van der Waals surface area contributed by atoms with Crippen LogP contribution in [0.15, 0.2) is 6.07 Å². The van der Waals surface area contributed by atoms with E-state index in [9.17, 15) is 5.11 Å². The van der Waals surface area contributed by atoms with Gasteiger partial charge in [-0.2, -0.15) is 4.98 Å². The van der Waals surface area contributed by atoms with Crippen LogP contribution in [0.4, 0.5) is 0 Å². The van der Waals surface area contributed by atoms with Gasteiger partial charge < -0.3 is 14.6 Å². The lowest BCUT2D eigenvalue weighted by Gasteiger charge is -2.03. The third-order valence-corrected chi connectivity index (χ3v) is 1.38. The smallest absolute Gasteiger partial charge is 0.214 e. The Morgan fingerprint density at radius 1 is 1.23 bits per heavy atom. The molecule has 0 atom stereocenters. The van der Waals surface area contributed by atoms with Gasteiger partial charge in [0, 0.05) is 20.3 Å². The van der Waals surface area contributed by atoms with Crippen molar-refractivity contribution in [2.75, 3.05) is 14.2 Å². The van der Waals surface area contributed by atoms with Crippen LogP contribution in [-0.2, 0) is 22.7 Å². The van der Waals surface area contributed by atoms with Crippen molar-refractivity contribution < 1.29 is 14.6 Å². The van der Waals surface area contributed by atoms with Gasteiger partial charge in [0.2, 0.25) is 5.88 Å². The minimum absolute atomic E-state index is 0.0610. The molecule has 0 aliphatic rings. The molecular weight excluding hydrogens is 172 g/mol. The SMILES string of the molecule is COCc1cc(O)nc(COC)n1. The van der Waals surface area contributed by atoms with Crippen LogP contribution in [0.3, 0.4) is 0 Å². The zero-order valence-corrected chi connectivity index (χ0v) is 7.65. The Morgan fingerprint density at radius 2 is 1.92 bits per heavy atom. The van der Waals surface area contributed by atoms with Crippen molar-refractivity contribution in [2.24, 2.45) is 0 Å². The Kier molecular flexibility index (Phi) is 3.60. The third kappa shape index (κ3) is 2.96. The van der Waals surface area contributed by atoms with Crippen molar-refractivity contribution in [1.29, 1.82) is 0 Å². The molecule has 0 bridgehead atoms. The number of methoxy groups -OCH3 is 2. The molecule has 13 heavy (non-hydrogen) atoms. The van der Waals surface area contributed by atoms with Crippen LogP contribution in [-0.4, -0.2) is 29.3 Å². The van der Waals surface area contributed by atoms with E-state index in [2.05, 4.69) is 9.97 Å². The van der Waals surface area contributed by atoms with Crippen molar-refractivity contribution in [1.82, 2.24) is 9.97 Å². The minimum Gasteiger partial charge on any atom is -0.493 e. The van der Waals surface area contributed by atoms with E-state index in [1.165, 1.54) is 6.07 Å². The Balaban J connectivity index is 2.83. The monoisotopic (exact) mass is 184 g/mol. The first-order valence-electron chi connectivity index (χ1n) is 3.80. The second-order valence-corrected chi connectivity index (χ2v) is 2.50. The number of hydrogen-bond donors (Lipinski definition) is 1. The van der Waals surface area contributed by atoms with Crippen molar-refractivity contribution in [2.45, 2.75) is 13.2 Å². The maximum absolute atomic E-state index is 9.18. The van der Waals surface area contributed by atoms with Crippen molar-refractivity contribution in [3.8, 4) is 5.88 Å². The molecule has 1 aromatic rings. The molecule has 1 N–H and O–H groups in total. The quantitative estimate of drug-likeness (QED) is 0.737. The second-order valence-electron chi connectivity index (χ2n) is 2.50. The molecule has 5 heteroatoms. The molecule has 0 amide bonds. The summed E-state index contributed by atoms with van der Waals surface area (Å²) in [5, 5.41) is 9.18. The topological polar surface area (TPSA) is 64.5 Å². The summed E-state index contributed by atoms with van der Waals surface area (Å²) in [6.45, 7) is 0.637. The zero-order valence-electron chi connectivity index (χ0n) is 7.65. The number of hydrogen-bond acceptors (Lipinski definition) is 5. The van der Waals surface area contributed by atoms with Gasteiger partial charge in [0.15, 0.2) is 5.82 Å². The van der Waals surface area contributed by atoms with Gasteiger partial charge in [-0.25, -0.2) is 4.98 Å². The zero-order chi connectivity index (χ0) is 9.68. The molecule has 0 radical (unpaired) electrons. The van der Waals surface area contributed by atoms with E-state index in [1.54, 1.807) is 14.2 Å². The van der Waals surface area contributed by atoms with Crippen molar-refractivity contribution >= 4 is 0 Å². The average molecular weight is 184 g/mol. The Labute approximate surface area is 76.4 Å². The van der Waals surface area contributed by atoms with Crippen molar-refractivity contribution in [3.05, 3.63) is 17.6 Å². The van der Waals surface area contributed by atoms with Crippen LogP contribution in [0.25, 0.3) is 0 Å². The molecule has 1 heterocycles. The molecule has 0 saturated heterocycles. The number of aromatic hydroxyl groups is 1. The van der Waals surface area contributed by atoms with Crippen LogP contribution < -0.4 is 0 Å². The maximum atomic E-state index is 9.18. The predicted octanol–water partition coefficient (Wildman–Crippen LogP) is 0.475. The van der Waals surface area contributed by atoms with E-state index in [-0.39, 0.29) is 12.5 Å². The van der Waals surface area contributed by atoms with E-state index >= 15 is 0 Å². The van der Waals surface area contributed by atoms with Crippen LogP contribution in [0.5, 0.6) is 5.88 Å². The molecule has 0 spiro atoms. The first kappa shape index (κ1) is 9.88. The summed E-state index contributed by atoms with van der Waals surface area (Å²) < 4.78 is 9.71. The molecule has 0 unspecified atom stereocenters. The normalized spacial score (nSPS) is 10.3. The lowest BCUT2D eigenvalue weighted by atomic mass is 10.4. The Morgan fingerprint density at radius 3 is 2.54 bits per heavy atom. The van der Waals surface area contributed by atoms with E-state index in [1.807, 2.05) is 0 Å². The van der Waals surface area contributed by atoms with Crippen molar-refractivity contribution in [3.63, 3.8) is 0 Å². The van der Waals surface area contributed by atoms with Gasteiger partial charge in [-0.05, 0) is 0 Å². The molecule has 5 nitrogen and oxygen atoms in total. The Hall–Kier alpha value is -1.20. The van der Waals surface area contributed by atoms with Gasteiger partial charge in [-0.15, -0.1) is 0 Å². The van der Waals surface area contributed by atoms with Gasteiger partial charge in [0.1, 0.15) is 6.61 Å². The fraction of sp³-hybridized carbons (Fsp3) is 0.500. The summed E-state index contributed by atoms with van der Waals surface area (Å²) in [4.78, 5) is 7.86. The lowest BCUT2D eigenvalue weighted by molar-refractivity contribution is 0.169. The average Bonchev–Trinajstić information content (AvgIpc) is 2.04. The predicted molar refractivity (Wildman–Crippen MR) is 45.1 cm³/mol.